The van der Waals surface area contributed by atoms with Gasteiger partial charge in [0.15, 0.2) is 0 Å². The van der Waals surface area contributed by atoms with Crippen LogP contribution in [0.25, 0.3) is 11.1 Å². The van der Waals surface area contributed by atoms with Crippen LogP contribution >= 0.6 is 0 Å². The van der Waals surface area contributed by atoms with Gasteiger partial charge in [0.1, 0.15) is 11.3 Å². The Bertz CT molecular complexity index is 953. The molecule has 1 saturated carbocycles. The molecule has 0 spiro atoms. The van der Waals surface area contributed by atoms with E-state index in [9.17, 15) is 8.42 Å². The number of oxime groups is 1. The molecule has 0 saturated heterocycles. The molecule has 0 amide bonds. The first-order valence-corrected chi connectivity index (χ1v) is 11.6. The van der Waals surface area contributed by atoms with Gasteiger partial charge in [0.2, 0.25) is 10.0 Å². The van der Waals surface area contributed by atoms with Crippen molar-refractivity contribution in [3.05, 3.63) is 59.7 Å². The van der Waals surface area contributed by atoms with Crippen molar-refractivity contribution >= 4 is 15.7 Å². The second-order valence-corrected chi connectivity index (χ2v) is 10.7. The first kappa shape index (κ1) is 21.5. The highest BCUT2D eigenvalue weighted by atomic mass is 32.2. The molecule has 0 radical (unpaired) electrons. The Morgan fingerprint density at radius 1 is 0.931 bits per heavy atom. The molecule has 2 aliphatic carbocycles. The Morgan fingerprint density at radius 2 is 1.38 bits per heavy atom. The largest absolute Gasteiger partial charge is 0.390 e. The zero-order valence-electron chi connectivity index (χ0n) is 17.8. The number of nitrogens with one attached hydrogen (secondary N) is 1. The number of rotatable bonds is 4. The second kappa shape index (κ2) is 8.28. The topological polar surface area (TPSA) is 67.8 Å². The zero-order chi connectivity index (χ0) is 21.2. The lowest BCUT2D eigenvalue weighted by molar-refractivity contribution is 0.00121. The predicted molar refractivity (Wildman–Crippen MR) is 119 cm³/mol. The number of sulfonamides is 1. The van der Waals surface area contributed by atoms with Crippen LogP contribution in [0, 0.1) is 0 Å². The summed E-state index contributed by atoms with van der Waals surface area (Å²) in [6, 6.07) is 16.7. The summed E-state index contributed by atoms with van der Waals surface area (Å²) in [5.41, 5.74) is 5.41. The minimum atomic E-state index is -2.94. The molecule has 2 aromatic carbocycles. The van der Waals surface area contributed by atoms with E-state index in [4.69, 9.17) is 4.84 Å². The summed E-state index contributed by atoms with van der Waals surface area (Å²) in [4.78, 5) is 5.61. The van der Waals surface area contributed by atoms with Gasteiger partial charge in [0.25, 0.3) is 0 Å². The second-order valence-electron chi connectivity index (χ2n) is 8.75. The third-order valence-electron chi connectivity index (χ3n) is 4.43. The molecule has 6 heteroatoms. The van der Waals surface area contributed by atoms with E-state index in [2.05, 4.69) is 46.3 Å². The van der Waals surface area contributed by atoms with Gasteiger partial charge in [-0.25, -0.2) is 13.1 Å². The van der Waals surface area contributed by atoms with Gasteiger partial charge in [-0.15, -0.1) is 0 Å². The van der Waals surface area contributed by atoms with E-state index < -0.39 is 10.0 Å². The average Bonchev–Trinajstić information content (AvgIpc) is 3.43. The van der Waals surface area contributed by atoms with Crippen molar-refractivity contribution in [2.45, 2.75) is 64.4 Å². The molecule has 0 atom stereocenters. The highest BCUT2D eigenvalue weighted by Crippen LogP contribution is 2.36. The van der Waals surface area contributed by atoms with Gasteiger partial charge in [0.05, 0.1) is 5.25 Å². The lowest BCUT2D eigenvalue weighted by Gasteiger charge is -2.16. The van der Waals surface area contributed by atoms with Crippen LogP contribution in [-0.2, 0) is 14.9 Å². The van der Waals surface area contributed by atoms with Crippen LogP contribution in [0.2, 0.25) is 0 Å². The fourth-order valence-corrected chi connectivity index (χ4v) is 4.68. The fourth-order valence-electron chi connectivity index (χ4n) is 3.08. The van der Waals surface area contributed by atoms with Crippen LogP contribution in [0.15, 0.2) is 53.7 Å². The van der Waals surface area contributed by atoms with Crippen molar-refractivity contribution in [3.63, 3.8) is 0 Å². The van der Waals surface area contributed by atoms with Crippen molar-refractivity contribution in [1.29, 1.82) is 0 Å². The van der Waals surface area contributed by atoms with E-state index in [1.54, 1.807) is 0 Å². The third-order valence-corrected chi connectivity index (χ3v) is 6.58. The van der Waals surface area contributed by atoms with Crippen molar-refractivity contribution in [2.24, 2.45) is 5.16 Å². The monoisotopic (exact) mass is 414 g/mol. The molecule has 4 rings (SSSR count). The van der Waals surface area contributed by atoms with Gasteiger partial charge in [0, 0.05) is 17.2 Å². The van der Waals surface area contributed by atoms with Crippen LogP contribution in [0.5, 0.6) is 0 Å². The Morgan fingerprint density at radius 3 is 1.76 bits per heavy atom. The smallest absolute Gasteiger partial charge is 0.214 e. The quantitative estimate of drug-likeness (QED) is 0.629. The summed E-state index contributed by atoms with van der Waals surface area (Å²) in [5.74, 6) is 0. The number of benzene rings is 2. The van der Waals surface area contributed by atoms with Crippen molar-refractivity contribution in [3.8, 4) is 11.1 Å². The van der Waals surface area contributed by atoms with Gasteiger partial charge >= 0.3 is 0 Å². The van der Waals surface area contributed by atoms with Gasteiger partial charge < -0.3 is 4.84 Å². The average molecular weight is 415 g/mol. The van der Waals surface area contributed by atoms with Gasteiger partial charge in [-0.1, -0.05) is 53.7 Å². The van der Waals surface area contributed by atoms with E-state index in [1.165, 1.54) is 11.1 Å². The molecule has 0 aliphatic heterocycles. The molecule has 29 heavy (non-hydrogen) atoms. The molecule has 0 aromatic heterocycles. The van der Waals surface area contributed by atoms with Crippen LogP contribution in [-0.4, -0.2) is 31.0 Å². The maximum Gasteiger partial charge on any atom is 0.214 e. The molecule has 2 aromatic rings. The molecular weight excluding hydrogens is 384 g/mol. The molecule has 1 fully saturated rings. The maximum absolute atomic E-state index is 11.1. The molecule has 1 N–H and O–H groups in total. The zero-order valence-corrected chi connectivity index (χ0v) is 18.6. The molecule has 2 aliphatic rings. The molecular formula is C23H30N2O3S. The van der Waals surface area contributed by atoms with Crippen LogP contribution in [0.4, 0.5) is 0 Å². The first-order valence-electron chi connectivity index (χ1n) is 10.0. The summed E-state index contributed by atoms with van der Waals surface area (Å²) < 4.78 is 24.7. The Labute approximate surface area is 174 Å². The fraction of sp³-hybridized carbons (Fsp3) is 0.435. The number of hydrogen-bond donors (Lipinski definition) is 1. The van der Waals surface area contributed by atoms with Crippen molar-refractivity contribution in [1.82, 2.24) is 4.72 Å². The maximum atomic E-state index is 11.1. The lowest BCUT2D eigenvalue weighted by atomic mass is 10.1. The standard InChI is InChI=1S/C17H17NO.C6H13NO2S/c1-17(2,3)19-18-16-14-10-6-4-8-12(14)13-9-5-7-11-15(13)16;1-5(2)7-10(8,9)6-3-4-6/h4-11H,1-3H3;5-7H,3-4H2,1-2H3. The molecule has 0 unspecified atom stereocenters. The Hall–Kier alpha value is -2.18. The minimum absolute atomic E-state index is 0.0330. The summed E-state index contributed by atoms with van der Waals surface area (Å²) in [6.07, 6.45) is 1.67. The number of fused-ring (bicyclic) bond motifs is 3. The molecule has 156 valence electrons. The number of hydrogen-bond acceptors (Lipinski definition) is 4. The normalized spacial score (nSPS) is 15.3. The van der Waals surface area contributed by atoms with E-state index in [0.717, 1.165) is 29.7 Å². The highest BCUT2D eigenvalue weighted by Gasteiger charge is 2.35. The molecule has 0 bridgehead atoms. The first-order chi connectivity index (χ1) is 13.6. The summed E-state index contributed by atoms with van der Waals surface area (Å²) in [5, 5.41) is 4.31. The predicted octanol–water partition coefficient (Wildman–Crippen LogP) is 4.71. The van der Waals surface area contributed by atoms with Crippen LogP contribution < -0.4 is 4.72 Å². The summed E-state index contributed by atoms with van der Waals surface area (Å²) in [6.45, 7) is 9.68. The Kier molecular flexibility index (Phi) is 6.15. The third kappa shape index (κ3) is 5.46. The van der Waals surface area contributed by atoms with Gasteiger partial charge in [-0.3, -0.25) is 0 Å². The van der Waals surface area contributed by atoms with Crippen LogP contribution in [0.1, 0.15) is 58.6 Å². The van der Waals surface area contributed by atoms with Crippen molar-refractivity contribution < 1.29 is 13.3 Å². The van der Waals surface area contributed by atoms with E-state index in [-0.39, 0.29) is 16.9 Å². The Balaban J connectivity index is 0.000000204. The van der Waals surface area contributed by atoms with Crippen LogP contribution in [0.3, 0.4) is 0 Å². The number of nitrogens with zero attached hydrogens (tertiary/aromatic N) is 1. The van der Waals surface area contributed by atoms with Gasteiger partial charge in [-0.05, 0) is 58.6 Å². The minimum Gasteiger partial charge on any atom is -0.390 e. The molecule has 0 heterocycles. The SMILES string of the molecule is CC(C)(C)ON=C1c2ccccc2-c2ccccc21.CC(C)NS(=O)(=O)C1CC1. The van der Waals surface area contributed by atoms with E-state index in [0.29, 0.717) is 0 Å². The summed E-state index contributed by atoms with van der Waals surface area (Å²) in [7, 11) is -2.94. The van der Waals surface area contributed by atoms with Crippen molar-refractivity contribution in [2.75, 3.05) is 0 Å². The van der Waals surface area contributed by atoms with E-state index >= 15 is 0 Å². The summed E-state index contributed by atoms with van der Waals surface area (Å²) >= 11 is 0. The van der Waals surface area contributed by atoms with E-state index in [1.807, 2.05) is 46.8 Å². The highest BCUT2D eigenvalue weighted by molar-refractivity contribution is 7.90. The molecule has 5 nitrogen and oxygen atoms in total. The van der Waals surface area contributed by atoms with Gasteiger partial charge in [-0.2, -0.15) is 0 Å². The lowest BCUT2D eigenvalue weighted by Crippen LogP contribution is -2.32.